The summed E-state index contributed by atoms with van der Waals surface area (Å²) in [4.78, 5) is 19.0. The zero-order valence-corrected chi connectivity index (χ0v) is 16.3. The SMILES string of the molecule is COc1ccc(CC(=O)N2CC[C@H](c3nn(CCN)c4ncccc34)C2)cc1F. The normalized spacial score (nSPS) is 16.5. The number of fused-ring (bicyclic) bond motifs is 1. The quantitative estimate of drug-likeness (QED) is 0.688. The smallest absolute Gasteiger partial charge is 0.227 e. The van der Waals surface area contributed by atoms with Crippen LogP contribution in [0, 0.1) is 5.82 Å². The number of nitrogens with zero attached hydrogens (tertiary/aromatic N) is 4. The number of hydrogen-bond donors (Lipinski definition) is 1. The molecule has 0 aliphatic carbocycles. The number of pyridine rings is 1. The molecule has 0 spiro atoms. The number of carbonyl (C=O) groups is 1. The van der Waals surface area contributed by atoms with Crippen LogP contribution in [-0.2, 0) is 17.8 Å². The highest BCUT2D eigenvalue weighted by molar-refractivity contribution is 5.81. The van der Waals surface area contributed by atoms with Gasteiger partial charge in [-0.15, -0.1) is 0 Å². The second-order valence-corrected chi connectivity index (χ2v) is 7.24. The molecule has 1 saturated heterocycles. The van der Waals surface area contributed by atoms with E-state index >= 15 is 0 Å². The van der Waals surface area contributed by atoms with Crippen molar-refractivity contribution in [3.8, 4) is 5.75 Å². The fourth-order valence-electron chi connectivity index (χ4n) is 3.93. The number of nitrogens with two attached hydrogens (primary N) is 1. The monoisotopic (exact) mass is 397 g/mol. The Kier molecular flexibility index (Phi) is 5.44. The molecule has 2 N–H and O–H groups in total. The number of hydrogen-bond acceptors (Lipinski definition) is 5. The third kappa shape index (κ3) is 3.80. The second kappa shape index (κ2) is 8.16. The third-order valence-corrected chi connectivity index (χ3v) is 5.38. The number of methoxy groups -OCH3 is 1. The van der Waals surface area contributed by atoms with Gasteiger partial charge in [0.15, 0.2) is 17.2 Å². The van der Waals surface area contributed by atoms with Crippen LogP contribution in [0.25, 0.3) is 11.0 Å². The predicted octanol–water partition coefficient (Wildman–Crippen LogP) is 2.10. The van der Waals surface area contributed by atoms with Crippen molar-refractivity contribution >= 4 is 16.9 Å². The van der Waals surface area contributed by atoms with Crippen LogP contribution in [0.3, 0.4) is 0 Å². The average Bonchev–Trinajstić information content (AvgIpc) is 3.34. The Bertz CT molecular complexity index is 1040. The largest absolute Gasteiger partial charge is 0.494 e. The third-order valence-electron chi connectivity index (χ3n) is 5.38. The zero-order chi connectivity index (χ0) is 20.4. The lowest BCUT2D eigenvalue weighted by Gasteiger charge is -2.16. The molecular formula is C21H24FN5O2. The fourth-order valence-corrected chi connectivity index (χ4v) is 3.93. The number of carbonyl (C=O) groups excluding carboxylic acids is 1. The van der Waals surface area contributed by atoms with E-state index in [4.69, 9.17) is 15.6 Å². The Balaban J connectivity index is 1.48. The minimum Gasteiger partial charge on any atom is -0.494 e. The summed E-state index contributed by atoms with van der Waals surface area (Å²) >= 11 is 0. The van der Waals surface area contributed by atoms with Gasteiger partial charge in [0, 0.05) is 37.1 Å². The first-order valence-corrected chi connectivity index (χ1v) is 9.72. The van der Waals surface area contributed by atoms with E-state index in [1.165, 1.54) is 13.2 Å². The molecule has 0 bridgehead atoms. The van der Waals surface area contributed by atoms with Gasteiger partial charge in [-0.05, 0) is 36.2 Å². The van der Waals surface area contributed by atoms with Gasteiger partial charge in [-0.25, -0.2) is 14.1 Å². The molecule has 0 unspecified atom stereocenters. The summed E-state index contributed by atoms with van der Waals surface area (Å²) in [6.45, 7) is 2.35. The lowest BCUT2D eigenvalue weighted by Crippen LogP contribution is -2.30. The summed E-state index contributed by atoms with van der Waals surface area (Å²) in [5.41, 5.74) is 8.13. The summed E-state index contributed by atoms with van der Waals surface area (Å²) in [7, 11) is 1.42. The van der Waals surface area contributed by atoms with Crippen LogP contribution in [0.4, 0.5) is 4.39 Å². The maximum absolute atomic E-state index is 13.9. The summed E-state index contributed by atoms with van der Waals surface area (Å²) in [6, 6.07) is 8.55. The van der Waals surface area contributed by atoms with Crippen molar-refractivity contribution in [2.24, 2.45) is 5.73 Å². The Morgan fingerprint density at radius 3 is 3.00 bits per heavy atom. The molecule has 1 fully saturated rings. The second-order valence-electron chi connectivity index (χ2n) is 7.24. The van der Waals surface area contributed by atoms with Gasteiger partial charge in [-0.2, -0.15) is 5.10 Å². The molecule has 7 nitrogen and oxygen atoms in total. The van der Waals surface area contributed by atoms with Crippen molar-refractivity contribution < 1.29 is 13.9 Å². The van der Waals surface area contributed by atoms with Crippen LogP contribution >= 0.6 is 0 Å². The molecule has 1 amide bonds. The Morgan fingerprint density at radius 2 is 2.24 bits per heavy atom. The van der Waals surface area contributed by atoms with Gasteiger partial charge in [-0.1, -0.05) is 6.07 Å². The minimum absolute atomic E-state index is 0.0131. The van der Waals surface area contributed by atoms with E-state index in [1.54, 1.807) is 18.3 Å². The van der Waals surface area contributed by atoms with Crippen molar-refractivity contribution in [3.63, 3.8) is 0 Å². The highest BCUT2D eigenvalue weighted by Crippen LogP contribution is 2.31. The van der Waals surface area contributed by atoms with Crippen LogP contribution in [0.5, 0.6) is 5.75 Å². The Morgan fingerprint density at radius 1 is 1.38 bits per heavy atom. The van der Waals surface area contributed by atoms with Crippen LogP contribution < -0.4 is 10.5 Å². The summed E-state index contributed by atoms with van der Waals surface area (Å²) < 4.78 is 20.7. The number of ether oxygens (including phenoxy) is 1. The van der Waals surface area contributed by atoms with Crippen LogP contribution in [0.1, 0.15) is 23.6 Å². The molecule has 8 heteroatoms. The molecule has 152 valence electrons. The molecule has 3 heterocycles. The van der Waals surface area contributed by atoms with Gasteiger partial charge < -0.3 is 15.4 Å². The summed E-state index contributed by atoms with van der Waals surface area (Å²) in [5, 5.41) is 5.75. The van der Waals surface area contributed by atoms with E-state index in [9.17, 15) is 9.18 Å². The van der Waals surface area contributed by atoms with E-state index in [2.05, 4.69) is 4.98 Å². The molecule has 1 aromatic carbocycles. The van der Waals surface area contributed by atoms with E-state index in [0.717, 1.165) is 23.1 Å². The van der Waals surface area contributed by atoms with Gasteiger partial charge in [-0.3, -0.25) is 4.79 Å². The van der Waals surface area contributed by atoms with Crippen molar-refractivity contribution in [2.75, 3.05) is 26.7 Å². The first-order chi connectivity index (χ1) is 14.1. The molecule has 0 radical (unpaired) electrons. The standard InChI is InChI=1S/C21H24FN5O2/c1-29-18-5-4-14(11-17(18)22)12-19(28)26-9-6-15(13-26)20-16-3-2-8-24-21(16)27(25-20)10-7-23/h2-5,8,11,15H,6-7,9-10,12-13,23H2,1H3/t15-/m0/s1. The highest BCUT2D eigenvalue weighted by Gasteiger charge is 2.30. The molecule has 4 rings (SSSR count). The van der Waals surface area contributed by atoms with Crippen molar-refractivity contribution in [1.82, 2.24) is 19.7 Å². The number of amides is 1. The van der Waals surface area contributed by atoms with Crippen LogP contribution in [0.2, 0.25) is 0 Å². The molecular weight excluding hydrogens is 373 g/mol. The molecule has 0 saturated carbocycles. The first-order valence-electron chi connectivity index (χ1n) is 9.72. The molecule has 3 aromatic rings. The highest BCUT2D eigenvalue weighted by atomic mass is 19.1. The van der Waals surface area contributed by atoms with E-state index < -0.39 is 5.82 Å². The summed E-state index contributed by atoms with van der Waals surface area (Å²) in [6.07, 6.45) is 2.75. The topological polar surface area (TPSA) is 86.3 Å². The predicted molar refractivity (Wildman–Crippen MR) is 107 cm³/mol. The van der Waals surface area contributed by atoms with Gasteiger partial charge in [0.05, 0.1) is 25.8 Å². The fraction of sp³-hybridized carbons (Fsp3) is 0.381. The summed E-state index contributed by atoms with van der Waals surface area (Å²) in [5.74, 6) is -0.143. The Hall–Kier alpha value is -3.00. The van der Waals surface area contributed by atoms with E-state index in [0.29, 0.717) is 31.7 Å². The number of aromatic nitrogens is 3. The number of halogens is 1. The average molecular weight is 397 g/mol. The number of benzene rings is 1. The van der Waals surface area contributed by atoms with Crippen molar-refractivity contribution in [1.29, 1.82) is 0 Å². The molecule has 29 heavy (non-hydrogen) atoms. The van der Waals surface area contributed by atoms with E-state index in [1.807, 2.05) is 21.7 Å². The van der Waals surface area contributed by atoms with Crippen LogP contribution in [-0.4, -0.2) is 52.3 Å². The zero-order valence-electron chi connectivity index (χ0n) is 16.3. The van der Waals surface area contributed by atoms with Gasteiger partial charge >= 0.3 is 0 Å². The van der Waals surface area contributed by atoms with Crippen molar-refractivity contribution in [3.05, 3.63) is 53.6 Å². The van der Waals surface area contributed by atoms with Crippen LogP contribution in [0.15, 0.2) is 36.5 Å². The lowest BCUT2D eigenvalue weighted by atomic mass is 10.0. The lowest BCUT2D eigenvalue weighted by molar-refractivity contribution is -0.129. The van der Waals surface area contributed by atoms with Crippen molar-refractivity contribution in [2.45, 2.75) is 25.3 Å². The molecule has 1 aliphatic heterocycles. The molecule has 1 atom stereocenters. The van der Waals surface area contributed by atoms with E-state index in [-0.39, 0.29) is 24.0 Å². The first kappa shape index (κ1) is 19.3. The molecule has 1 aliphatic rings. The number of likely N-dealkylation sites (tertiary alicyclic amines) is 1. The Labute approximate surface area is 168 Å². The maximum atomic E-state index is 13.9. The van der Waals surface area contributed by atoms with Gasteiger partial charge in [0.1, 0.15) is 0 Å². The van der Waals surface area contributed by atoms with Gasteiger partial charge in [0.25, 0.3) is 0 Å². The van der Waals surface area contributed by atoms with Gasteiger partial charge in [0.2, 0.25) is 5.91 Å². The number of rotatable bonds is 6. The minimum atomic E-state index is -0.457. The maximum Gasteiger partial charge on any atom is 0.227 e. The molecule has 2 aromatic heterocycles.